The van der Waals surface area contributed by atoms with Gasteiger partial charge < -0.3 is 0 Å². The van der Waals surface area contributed by atoms with Gasteiger partial charge in [-0.15, -0.1) is 0 Å². The fourth-order valence-electron chi connectivity index (χ4n) is 2.33. The van der Waals surface area contributed by atoms with Crippen LogP contribution in [-0.4, -0.2) is 41.6 Å². The number of piperidine rings is 1. The summed E-state index contributed by atoms with van der Waals surface area (Å²) in [6.45, 7) is 0.921. The zero-order valence-corrected chi connectivity index (χ0v) is 11.9. The minimum Gasteiger partial charge on any atom is -0.295 e. The molecular formula is C14H18N4O3. The van der Waals surface area contributed by atoms with Crippen molar-refractivity contribution in [3.63, 3.8) is 0 Å². The summed E-state index contributed by atoms with van der Waals surface area (Å²) in [4.78, 5) is 24.1. The van der Waals surface area contributed by atoms with Gasteiger partial charge in [0.25, 0.3) is 11.6 Å². The average molecular weight is 290 g/mol. The molecule has 21 heavy (non-hydrogen) atoms. The first-order chi connectivity index (χ1) is 10.1. The van der Waals surface area contributed by atoms with Gasteiger partial charge in [0.2, 0.25) is 0 Å². The third-order valence-electron chi connectivity index (χ3n) is 3.57. The van der Waals surface area contributed by atoms with E-state index >= 15 is 0 Å². The van der Waals surface area contributed by atoms with Crippen LogP contribution in [0.15, 0.2) is 29.4 Å². The second-order valence-corrected chi connectivity index (χ2v) is 5.08. The van der Waals surface area contributed by atoms with Crippen molar-refractivity contribution >= 4 is 17.8 Å². The van der Waals surface area contributed by atoms with Crippen LogP contribution in [0.2, 0.25) is 0 Å². The predicted molar refractivity (Wildman–Crippen MR) is 79.1 cm³/mol. The van der Waals surface area contributed by atoms with E-state index in [1.54, 1.807) is 12.1 Å². The van der Waals surface area contributed by atoms with Gasteiger partial charge in [-0.1, -0.05) is 6.42 Å². The van der Waals surface area contributed by atoms with Gasteiger partial charge in [-0.05, 0) is 44.1 Å². The van der Waals surface area contributed by atoms with Gasteiger partial charge in [0.1, 0.15) is 0 Å². The summed E-state index contributed by atoms with van der Waals surface area (Å²) in [6.07, 6.45) is 4.49. The quantitative estimate of drug-likeness (QED) is 0.517. The number of rotatable bonds is 4. The normalized spacial score (nSPS) is 19.6. The van der Waals surface area contributed by atoms with Crippen LogP contribution in [-0.2, 0) is 4.79 Å². The Morgan fingerprint density at radius 2 is 2.14 bits per heavy atom. The molecule has 1 atom stereocenters. The Bertz CT molecular complexity index is 542. The molecule has 1 aromatic carbocycles. The Morgan fingerprint density at radius 3 is 2.76 bits per heavy atom. The van der Waals surface area contributed by atoms with Gasteiger partial charge in [-0.3, -0.25) is 19.8 Å². The summed E-state index contributed by atoms with van der Waals surface area (Å²) >= 11 is 0. The molecule has 0 aromatic heterocycles. The Morgan fingerprint density at radius 1 is 1.43 bits per heavy atom. The summed E-state index contributed by atoms with van der Waals surface area (Å²) in [6, 6.07) is 5.84. The van der Waals surface area contributed by atoms with Crippen LogP contribution in [0.4, 0.5) is 5.69 Å². The van der Waals surface area contributed by atoms with Crippen molar-refractivity contribution in [2.24, 2.45) is 5.10 Å². The highest BCUT2D eigenvalue weighted by molar-refractivity contribution is 5.85. The highest BCUT2D eigenvalue weighted by Gasteiger charge is 2.25. The maximum Gasteiger partial charge on any atom is 0.269 e. The summed E-state index contributed by atoms with van der Waals surface area (Å²) in [7, 11) is 1.93. The van der Waals surface area contributed by atoms with Crippen LogP contribution in [0.5, 0.6) is 0 Å². The molecule has 1 aliphatic heterocycles. The number of hydrazone groups is 1. The molecule has 1 aliphatic rings. The summed E-state index contributed by atoms with van der Waals surface area (Å²) in [5.41, 5.74) is 3.24. The number of benzene rings is 1. The highest BCUT2D eigenvalue weighted by Crippen LogP contribution is 2.15. The molecular weight excluding hydrogens is 272 g/mol. The Balaban J connectivity index is 1.89. The van der Waals surface area contributed by atoms with Gasteiger partial charge in [-0.2, -0.15) is 5.10 Å². The van der Waals surface area contributed by atoms with Gasteiger partial charge >= 0.3 is 0 Å². The number of non-ortho nitro benzene ring substituents is 1. The Hall–Kier alpha value is -2.28. The van der Waals surface area contributed by atoms with E-state index in [0.29, 0.717) is 5.56 Å². The first-order valence-electron chi connectivity index (χ1n) is 6.85. The lowest BCUT2D eigenvalue weighted by Crippen LogP contribution is -2.46. The third-order valence-corrected chi connectivity index (χ3v) is 3.57. The van der Waals surface area contributed by atoms with Crippen molar-refractivity contribution < 1.29 is 9.72 Å². The van der Waals surface area contributed by atoms with E-state index in [2.05, 4.69) is 10.5 Å². The molecule has 0 spiro atoms. The molecule has 0 aliphatic carbocycles. The summed E-state index contributed by atoms with van der Waals surface area (Å²) < 4.78 is 0. The van der Waals surface area contributed by atoms with Crippen molar-refractivity contribution in [2.45, 2.75) is 25.3 Å². The molecule has 112 valence electrons. The summed E-state index contributed by atoms with van der Waals surface area (Å²) in [5, 5.41) is 14.4. The van der Waals surface area contributed by atoms with Crippen molar-refractivity contribution in [1.82, 2.24) is 10.3 Å². The number of nitro benzene ring substituents is 1. The standard InChI is InChI=1S/C14H18N4O3/c1-17-9-3-2-4-13(17)14(19)16-15-10-11-5-7-12(8-6-11)18(20)21/h5-8,10,13H,2-4,9H2,1H3,(H,16,19)/b15-10-/t13-/m0/s1. The fourth-order valence-corrected chi connectivity index (χ4v) is 2.33. The topological polar surface area (TPSA) is 87.8 Å². The average Bonchev–Trinajstić information content (AvgIpc) is 2.48. The lowest BCUT2D eigenvalue weighted by molar-refractivity contribution is -0.384. The number of carbonyl (C=O) groups is 1. The van der Waals surface area contributed by atoms with Gasteiger partial charge in [0.15, 0.2) is 0 Å². The molecule has 1 aromatic rings. The molecule has 0 saturated carbocycles. The smallest absolute Gasteiger partial charge is 0.269 e. The zero-order valence-electron chi connectivity index (χ0n) is 11.9. The van der Waals surface area contributed by atoms with E-state index < -0.39 is 4.92 Å². The number of hydrogen-bond acceptors (Lipinski definition) is 5. The molecule has 1 amide bonds. The van der Waals surface area contributed by atoms with Crippen LogP contribution in [0.1, 0.15) is 24.8 Å². The number of amides is 1. The van der Waals surface area contributed by atoms with E-state index in [1.807, 2.05) is 11.9 Å². The molecule has 2 rings (SSSR count). The van der Waals surface area contributed by atoms with Crippen LogP contribution in [0, 0.1) is 10.1 Å². The lowest BCUT2D eigenvalue weighted by atomic mass is 10.0. The van der Waals surface area contributed by atoms with Crippen molar-refractivity contribution in [2.75, 3.05) is 13.6 Å². The Labute approximate surface area is 122 Å². The molecule has 0 unspecified atom stereocenters. The second-order valence-electron chi connectivity index (χ2n) is 5.08. The van der Waals surface area contributed by atoms with Gasteiger partial charge in [-0.25, -0.2) is 5.43 Å². The number of carbonyl (C=O) groups excluding carboxylic acids is 1. The van der Waals surface area contributed by atoms with Crippen molar-refractivity contribution in [1.29, 1.82) is 0 Å². The number of nitro groups is 1. The number of likely N-dealkylation sites (tertiary alicyclic amines) is 1. The molecule has 7 nitrogen and oxygen atoms in total. The van der Waals surface area contributed by atoms with Gasteiger partial charge in [0.05, 0.1) is 17.2 Å². The number of hydrogen-bond donors (Lipinski definition) is 1. The predicted octanol–water partition coefficient (Wildman–Crippen LogP) is 1.53. The maximum absolute atomic E-state index is 12.0. The van der Waals surface area contributed by atoms with Crippen LogP contribution >= 0.6 is 0 Å². The van der Waals surface area contributed by atoms with Crippen molar-refractivity contribution in [3.8, 4) is 0 Å². The lowest BCUT2D eigenvalue weighted by Gasteiger charge is -2.30. The van der Waals surface area contributed by atoms with Crippen LogP contribution in [0.25, 0.3) is 0 Å². The minimum atomic E-state index is -0.457. The Kier molecular flexibility index (Phi) is 4.99. The van der Waals surface area contributed by atoms with E-state index in [1.165, 1.54) is 18.3 Å². The number of nitrogens with zero attached hydrogens (tertiary/aromatic N) is 3. The van der Waals surface area contributed by atoms with E-state index in [9.17, 15) is 14.9 Å². The maximum atomic E-state index is 12.0. The van der Waals surface area contributed by atoms with Crippen LogP contribution < -0.4 is 5.43 Å². The molecule has 1 heterocycles. The minimum absolute atomic E-state index is 0.0278. The zero-order chi connectivity index (χ0) is 15.2. The fraction of sp³-hybridized carbons (Fsp3) is 0.429. The van der Waals surface area contributed by atoms with E-state index in [-0.39, 0.29) is 17.6 Å². The molecule has 1 fully saturated rings. The number of nitrogens with one attached hydrogen (secondary N) is 1. The molecule has 1 N–H and O–H groups in total. The molecule has 1 saturated heterocycles. The molecule has 7 heteroatoms. The molecule has 0 radical (unpaired) electrons. The van der Waals surface area contributed by atoms with E-state index in [4.69, 9.17) is 0 Å². The van der Waals surface area contributed by atoms with Crippen molar-refractivity contribution in [3.05, 3.63) is 39.9 Å². The second kappa shape index (κ2) is 6.94. The monoisotopic (exact) mass is 290 g/mol. The largest absolute Gasteiger partial charge is 0.295 e. The third kappa shape index (κ3) is 4.09. The first kappa shape index (κ1) is 15.1. The van der Waals surface area contributed by atoms with Crippen LogP contribution in [0.3, 0.4) is 0 Å². The summed E-state index contributed by atoms with van der Waals surface area (Å²) in [5.74, 6) is -0.115. The first-order valence-corrected chi connectivity index (χ1v) is 6.85. The van der Waals surface area contributed by atoms with E-state index in [0.717, 1.165) is 25.8 Å². The number of likely N-dealkylation sites (N-methyl/N-ethyl adjacent to an activating group) is 1. The SMILES string of the molecule is CN1CCCC[C@H]1C(=O)N/N=C\c1ccc([N+](=O)[O-])cc1. The highest BCUT2D eigenvalue weighted by atomic mass is 16.6. The molecule has 0 bridgehead atoms. The van der Waals surface area contributed by atoms with Gasteiger partial charge in [0, 0.05) is 12.1 Å².